The van der Waals surface area contributed by atoms with Crippen LogP contribution in [0.5, 0.6) is 0 Å². The van der Waals surface area contributed by atoms with Gasteiger partial charge in [0.15, 0.2) is 11.6 Å². The van der Waals surface area contributed by atoms with Gasteiger partial charge in [-0.1, -0.05) is 11.8 Å². The molecule has 1 rings (SSSR count). The first kappa shape index (κ1) is 12.6. The van der Waals surface area contributed by atoms with Gasteiger partial charge in [-0.2, -0.15) is 0 Å². The number of nitro groups is 1. The first-order chi connectivity index (χ1) is 7.91. The number of halogens is 2. The molecule has 7 heteroatoms. The Morgan fingerprint density at radius 2 is 2.00 bits per heavy atom. The van der Waals surface area contributed by atoms with Crippen LogP contribution in [-0.4, -0.2) is 16.0 Å². The Labute approximate surface area is 93.8 Å². The number of aliphatic carboxylic acids is 1. The van der Waals surface area contributed by atoms with Crippen molar-refractivity contribution in [2.75, 3.05) is 0 Å². The molecular weight excluding hydrogens is 236 g/mol. The van der Waals surface area contributed by atoms with Crippen molar-refractivity contribution in [1.82, 2.24) is 0 Å². The lowest BCUT2D eigenvalue weighted by molar-refractivity contribution is -0.385. The summed E-state index contributed by atoms with van der Waals surface area (Å²) < 4.78 is 25.6. The molecule has 5 nitrogen and oxygen atoms in total. The molecule has 0 spiro atoms. The summed E-state index contributed by atoms with van der Waals surface area (Å²) in [7, 11) is 0. The number of hydrogen-bond acceptors (Lipinski definition) is 3. The van der Waals surface area contributed by atoms with Crippen LogP contribution in [0.3, 0.4) is 0 Å². The van der Waals surface area contributed by atoms with E-state index < -0.39 is 34.6 Å². The van der Waals surface area contributed by atoms with Crippen molar-refractivity contribution < 1.29 is 23.6 Å². The fourth-order valence-corrected chi connectivity index (χ4v) is 1.00. The molecule has 1 aromatic rings. The number of nitrogens with zero attached hydrogens (tertiary/aromatic N) is 1. The molecule has 1 N–H and O–H groups in total. The van der Waals surface area contributed by atoms with Crippen LogP contribution in [0.25, 0.3) is 0 Å². The molecule has 0 aromatic heterocycles. The van der Waals surface area contributed by atoms with Gasteiger partial charge in [0.2, 0.25) is 0 Å². The predicted molar refractivity (Wildman–Crippen MR) is 52.1 cm³/mol. The van der Waals surface area contributed by atoms with Gasteiger partial charge in [-0.15, -0.1) is 0 Å². The van der Waals surface area contributed by atoms with Gasteiger partial charge in [0.1, 0.15) is 12.0 Å². The number of carboxylic acid groups (broad SMARTS) is 1. The molecule has 0 saturated carbocycles. The third-order valence-corrected chi connectivity index (χ3v) is 1.70. The van der Waals surface area contributed by atoms with Gasteiger partial charge in [-0.25, -0.2) is 8.78 Å². The summed E-state index contributed by atoms with van der Waals surface area (Å²) >= 11 is 0. The van der Waals surface area contributed by atoms with Gasteiger partial charge in [-0.05, 0) is 6.07 Å². The monoisotopic (exact) mass is 241 g/mol. The van der Waals surface area contributed by atoms with Crippen molar-refractivity contribution in [3.63, 3.8) is 0 Å². The van der Waals surface area contributed by atoms with Gasteiger partial charge >= 0.3 is 5.97 Å². The molecule has 88 valence electrons. The van der Waals surface area contributed by atoms with E-state index in [0.717, 1.165) is 0 Å². The van der Waals surface area contributed by atoms with Crippen LogP contribution in [0.1, 0.15) is 12.0 Å². The van der Waals surface area contributed by atoms with Crippen molar-refractivity contribution >= 4 is 11.7 Å². The van der Waals surface area contributed by atoms with Crippen molar-refractivity contribution in [1.29, 1.82) is 0 Å². The highest BCUT2D eigenvalue weighted by Crippen LogP contribution is 2.21. The largest absolute Gasteiger partial charge is 0.481 e. The molecule has 0 aliphatic rings. The molecule has 0 aliphatic heterocycles. The Morgan fingerprint density at radius 3 is 2.53 bits per heavy atom. The quantitative estimate of drug-likeness (QED) is 0.485. The van der Waals surface area contributed by atoms with Crippen LogP contribution in [0.15, 0.2) is 12.1 Å². The van der Waals surface area contributed by atoms with E-state index >= 15 is 0 Å². The summed E-state index contributed by atoms with van der Waals surface area (Å²) in [6.45, 7) is 0. The van der Waals surface area contributed by atoms with Crippen LogP contribution < -0.4 is 0 Å². The molecule has 0 heterocycles. The molecule has 0 radical (unpaired) electrons. The summed E-state index contributed by atoms with van der Waals surface area (Å²) in [6.07, 6.45) is -0.545. The Kier molecular flexibility index (Phi) is 3.72. The Bertz CT molecular complexity index is 545. The average molecular weight is 241 g/mol. The zero-order chi connectivity index (χ0) is 13.0. The highest BCUT2D eigenvalue weighted by molar-refractivity contribution is 5.70. The average Bonchev–Trinajstić information content (AvgIpc) is 2.22. The lowest BCUT2D eigenvalue weighted by Gasteiger charge is -1.97. The normalized spacial score (nSPS) is 9.29. The number of benzene rings is 1. The van der Waals surface area contributed by atoms with Crippen molar-refractivity contribution in [3.05, 3.63) is 39.4 Å². The topological polar surface area (TPSA) is 80.4 Å². The second-order valence-electron chi connectivity index (χ2n) is 2.91. The van der Waals surface area contributed by atoms with E-state index in [2.05, 4.69) is 11.8 Å². The Hall–Kier alpha value is -2.49. The lowest BCUT2D eigenvalue weighted by Crippen LogP contribution is -1.96. The zero-order valence-electron chi connectivity index (χ0n) is 8.24. The van der Waals surface area contributed by atoms with Crippen LogP contribution in [0.4, 0.5) is 14.5 Å². The van der Waals surface area contributed by atoms with Gasteiger partial charge in [0, 0.05) is 0 Å². The molecule has 0 amide bonds. The zero-order valence-corrected chi connectivity index (χ0v) is 8.24. The van der Waals surface area contributed by atoms with Crippen LogP contribution in [-0.2, 0) is 4.79 Å². The maximum Gasteiger partial charge on any atom is 0.315 e. The molecule has 0 aliphatic carbocycles. The third-order valence-electron chi connectivity index (χ3n) is 1.70. The van der Waals surface area contributed by atoms with Crippen molar-refractivity contribution in [2.45, 2.75) is 6.42 Å². The van der Waals surface area contributed by atoms with Crippen LogP contribution in [0.2, 0.25) is 0 Å². The standard InChI is InChI=1S/C10H5F2NO4/c11-7-4-6(2-1-3-10(14)15)9(13(16)17)5-8(7)12/h4-5H,3H2,(H,14,15). The fraction of sp³-hybridized carbons (Fsp3) is 0.100. The second kappa shape index (κ2) is 5.03. The molecule has 17 heavy (non-hydrogen) atoms. The number of rotatable bonds is 2. The van der Waals surface area contributed by atoms with Crippen molar-refractivity contribution in [2.24, 2.45) is 0 Å². The summed E-state index contributed by atoms with van der Waals surface area (Å²) in [5.41, 5.74) is -1.07. The van der Waals surface area contributed by atoms with Crippen molar-refractivity contribution in [3.8, 4) is 11.8 Å². The smallest absolute Gasteiger partial charge is 0.315 e. The van der Waals surface area contributed by atoms with E-state index in [9.17, 15) is 23.7 Å². The van der Waals surface area contributed by atoms with E-state index in [1.807, 2.05) is 0 Å². The molecule has 0 fully saturated rings. The number of hydrogen-bond donors (Lipinski definition) is 1. The summed E-state index contributed by atoms with van der Waals surface area (Å²) in [6, 6.07) is 0.961. The number of carbonyl (C=O) groups is 1. The van der Waals surface area contributed by atoms with E-state index in [4.69, 9.17) is 5.11 Å². The lowest BCUT2D eigenvalue weighted by atomic mass is 10.1. The van der Waals surface area contributed by atoms with Crippen LogP contribution in [0, 0.1) is 33.6 Å². The van der Waals surface area contributed by atoms with E-state index in [1.165, 1.54) is 0 Å². The molecular formula is C10H5F2NO4. The molecule has 0 atom stereocenters. The molecule has 1 aromatic carbocycles. The number of carboxylic acids is 1. The highest BCUT2D eigenvalue weighted by atomic mass is 19.2. The highest BCUT2D eigenvalue weighted by Gasteiger charge is 2.17. The minimum atomic E-state index is -1.36. The summed E-state index contributed by atoms with van der Waals surface area (Å²) in [4.78, 5) is 19.8. The molecule has 0 saturated heterocycles. The number of nitro benzene ring substituents is 1. The first-order valence-electron chi connectivity index (χ1n) is 4.26. The minimum absolute atomic E-state index is 0.366. The molecule has 0 unspecified atom stereocenters. The predicted octanol–water partition coefficient (Wildman–Crippen LogP) is 1.70. The third kappa shape index (κ3) is 3.24. The fourth-order valence-electron chi connectivity index (χ4n) is 1.00. The SMILES string of the molecule is O=C(O)CC#Cc1cc(F)c(F)cc1[N+](=O)[O-]. The van der Waals surface area contributed by atoms with Gasteiger partial charge in [0.05, 0.1) is 11.0 Å². The summed E-state index contributed by atoms with van der Waals surface area (Å²) in [5.74, 6) is 0.352. The Balaban J connectivity index is 3.20. The Morgan fingerprint density at radius 1 is 1.41 bits per heavy atom. The van der Waals surface area contributed by atoms with E-state index in [1.54, 1.807) is 0 Å². The van der Waals surface area contributed by atoms with Crippen LogP contribution >= 0.6 is 0 Å². The maximum absolute atomic E-state index is 12.8. The van der Waals surface area contributed by atoms with Gasteiger partial charge < -0.3 is 5.11 Å². The van der Waals surface area contributed by atoms with Gasteiger partial charge in [-0.3, -0.25) is 14.9 Å². The minimum Gasteiger partial charge on any atom is -0.481 e. The first-order valence-corrected chi connectivity index (χ1v) is 4.26. The van der Waals surface area contributed by atoms with E-state index in [0.29, 0.717) is 12.1 Å². The molecule has 0 bridgehead atoms. The van der Waals surface area contributed by atoms with E-state index in [-0.39, 0.29) is 5.56 Å². The summed E-state index contributed by atoms with van der Waals surface area (Å²) in [5, 5.41) is 18.8. The maximum atomic E-state index is 12.8. The van der Waals surface area contributed by atoms with Gasteiger partial charge in [0.25, 0.3) is 5.69 Å². The second-order valence-corrected chi connectivity index (χ2v) is 2.91.